The Labute approximate surface area is 147 Å². The van der Waals surface area contributed by atoms with Gasteiger partial charge in [-0.15, -0.1) is 0 Å². The molecule has 0 aliphatic rings. The fourth-order valence-electron chi connectivity index (χ4n) is 2.18. The van der Waals surface area contributed by atoms with Gasteiger partial charge in [0.05, 0.1) is 12.4 Å². The van der Waals surface area contributed by atoms with Crippen LogP contribution < -0.4 is 10.1 Å². The van der Waals surface area contributed by atoms with Crippen molar-refractivity contribution in [3.05, 3.63) is 46.8 Å². The topological polar surface area (TPSA) is 64.1 Å². The zero-order valence-electron chi connectivity index (χ0n) is 14.7. The number of aryl methyl sites for hydroxylation is 2. The van der Waals surface area contributed by atoms with Crippen LogP contribution in [0.3, 0.4) is 0 Å². The molecule has 1 atom stereocenters. The van der Waals surface area contributed by atoms with Crippen LogP contribution in [0.1, 0.15) is 29.4 Å². The molecular weight excluding hydrogens is 322 g/mol. The lowest BCUT2D eigenvalue weighted by Crippen LogP contribution is -2.30. The minimum Gasteiger partial charge on any atom is -0.496 e. The molecule has 2 aromatic rings. The van der Waals surface area contributed by atoms with Crippen molar-refractivity contribution >= 4 is 17.7 Å². The normalized spacial score (nSPS) is 11.9. The van der Waals surface area contributed by atoms with E-state index >= 15 is 0 Å². The molecule has 1 aromatic heterocycles. The van der Waals surface area contributed by atoms with Crippen molar-refractivity contribution in [3.8, 4) is 5.75 Å². The number of thioether (sulfide) groups is 1. The fourth-order valence-corrected chi connectivity index (χ4v) is 3.07. The van der Waals surface area contributed by atoms with Crippen molar-refractivity contribution < 1.29 is 9.53 Å². The second-order valence-corrected chi connectivity index (χ2v) is 6.90. The van der Waals surface area contributed by atoms with Crippen LogP contribution in [0.25, 0.3) is 0 Å². The summed E-state index contributed by atoms with van der Waals surface area (Å²) in [5, 5.41) is 3.30. The molecule has 0 aliphatic heterocycles. The second-order valence-electron chi connectivity index (χ2n) is 5.59. The number of ether oxygens (including phenoxy) is 1. The lowest BCUT2D eigenvalue weighted by atomic mass is 10.2. The molecule has 0 aliphatic carbocycles. The van der Waals surface area contributed by atoms with Crippen LogP contribution in [0.4, 0.5) is 0 Å². The maximum Gasteiger partial charge on any atom is 0.233 e. The van der Waals surface area contributed by atoms with Crippen molar-refractivity contribution in [3.63, 3.8) is 0 Å². The highest BCUT2D eigenvalue weighted by atomic mass is 32.2. The van der Waals surface area contributed by atoms with Crippen LogP contribution >= 0.6 is 11.8 Å². The molecule has 1 amide bonds. The number of nitrogens with one attached hydrogen (secondary N) is 1. The molecule has 1 heterocycles. The average Bonchev–Trinajstić information content (AvgIpc) is 2.57. The monoisotopic (exact) mass is 345 g/mol. The number of hydrogen-bond acceptors (Lipinski definition) is 5. The lowest BCUT2D eigenvalue weighted by Gasteiger charge is -2.14. The number of carbonyl (C=O) groups excluding carboxylic acids is 1. The maximum absolute atomic E-state index is 12.3. The molecule has 0 spiro atoms. The number of carbonyl (C=O) groups is 1. The maximum atomic E-state index is 12.3. The third-order valence-corrected chi connectivity index (χ3v) is 4.87. The minimum absolute atomic E-state index is 0.0506. The Kier molecular flexibility index (Phi) is 6.20. The van der Waals surface area contributed by atoms with Gasteiger partial charge < -0.3 is 10.1 Å². The smallest absolute Gasteiger partial charge is 0.233 e. The second kappa shape index (κ2) is 8.15. The average molecular weight is 345 g/mol. The highest BCUT2D eigenvalue weighted by molar-refractivity contribution is 8.00. The number of amides is 1. The third-order valence-electron chi connectivity index (χ3n) is 3.91. The minimum atomic E-state index is -0.277. The molecule has 6 heteroatoms. The van der Waals surface area contributed by atoms with E-state index in [0.29, 0.717) is 11.7 Å². The van der Waals surface area contributed by atoms with Crippen LogP contribution in [0.15, 0.2) is 29.4 Å². The van der Waals surface area contributed by atoms with Gasteiger partial charge in [0, 0.05) is 23.5 Å². The van der Waals surface area contributed by atoms with Gasteiger partial charge in [0.15, 0.2) is 5.16 Å². The first-order valence-electron chi connectivity index (χ1n) is 7.80. The summed E-state index contributed by atoms with van der Waals surface area (Å²) in [5.74, 6) is 0.719. The number of rotatable bonds is 6. The Morgan fingerprint density at radius 1 is 1.21 bits per heavy atom. The molecule has 128 valence electrons. The number of aromatic nitrogens is 2. The van der Waals surface area contributed by atoms with Crippen LogP contribution in [0.2, 0.25) is 0 Å². The molecule has 1 aromatic carbocycles. The van der Waals surface area contributed by atoms with Crippen molar-refractivity contribution in [2.24, 2.45) is 0 Å². The molecule has 0 bridgehead atoms. The first kappa shape index (κ1) is 18.3. The Morgan fingerprint density at radius 3 is 2.46 bits per heavy atom. The number of hydrogen-bond donors (Lipinski definition) is 1. The van der Waals surface area contributed by atoms with E-state index in [1.54, 1.807) is 7.11 Å². The zero-order chi connectivity index (χ0) is 17.7. The van der Waals surface area contributed by atoms with E-state index in [4.69, 9.17) is 4.74 Å². The van der Waals surface area contributed by atoms with E-state index < -0.39 is 0 Å². The van der Waals surface area contributed by atoms with Crippen molar-refractivity contribution in [1.29, 1.82) is 0 Å². The van der Waals surface area contributed by atoms with E-state index in [1.807, 2.05) is 52.0 Å². The first-order valence-corrected chi connectivity index (χ1v) is 8.68. The Morgan fingerprint density at radius 2 is 1.83 bits per heavy atom. The fraction of sp³-hybridized carbons (Fsp3) is 0.389. The molecule has 0 saturated heterocycles. The molecule has 24 heavy (non-hydrogen) atoms. The summed E-state index contributed by atoms with van der Waals surface area (Å²) in [6.45, 7) is 8.21. The van der Waals surface area contributed by atoms with Crippen molar-refractivity contribution in [2.45, 2.75) is 44.6 Å². The van der Waals surface area contributed by atoms with Crippen LogP contribution in [-0.4, -0.2) is 28.2 Å². The molecule has 1 N–H and O–H groups in total. The predicted molar refractivity (Wildman–Crippen MR) is 96.4 cm³/mol. The van der Waals surface area contributed by atoms with Gasteiger partial charge in [0.2, 0.25) is 5.91 Å². The standard InChI is InChI=1S/C18H23N3O2S/c1-11-12(2)20-18(21-13(11)3)24-14(4)17(22)19-10-15-8-6-7-9-16(15)23-5/h6-9,14H,10H2,1-5H3,(H,19,22)/t14-/m0/s1. The van der Waals surface area contributed by atoms with E-state index in [9.17, 15) is 4.79 Å². The van der Waals surface area contributed by atoms with E-state index in [0.717, 1.165) is 28.3 Å². The van der Waals surface area contributed by atoms with Gasteiger partial charge in [-0.1, -0.05) is 30.0 Å². The SMILES string of the molecule is COc1ccccc1CNC(=O)[C@H](C)Sc1nc(C)c(C)c(C)n1. The molecule has 2 rings (SSSR count). The number of benzene rings is 1. The number of para-hydroxylation sites is 1. The van der Waals surface area contributed by atoms with Crippen LogP contribution in [0.5, 0.6) is 5.75 Å². The van der Waals surface area contributed by atoms with E-state index in [2.05, 4.69) is 15.3 Å². The molecule has 5 nitrogen and oxygen atoms in total. The number of nitrogens with zero attached hydrogens (tertiary/aromatic N) is 2. The highest BCUT2D eigenvalue weighted by Crippen LogP contribution is 2.22. The van der Waals surface area contributed by atoms with Gasteiger partial charge in [-0.05, 0) is 39.3 Å². The molecule has 0 radical (unpaired) electrons. The summed E-state index contributed by atoms with van der Waals surface area (Å²) in [4.78, 5) is 21.2. The molecule has 0 unspecified atom stereocenters. The first-order chi connectivity index (χ1) is 11.4. The van der Waals surface area contributed by atoms with Gasteiger partial charge in [-0.3, -0.25) is 4.79 Å². The van der Waals surface area contributed by atoms with Crippen molar-refractivity contribution in [1.82, 2.24) is 15.3 Å². The third kappa shape index (κ3) is 4.47. The number of methoxy groups -OCH3 is 1. The van der Waals surface area contributed by atoms with Crippen LogP contribution in [0, 0.1) is 20.8 Å². The summed E-state index contributed by atoms with van der Waals surface area (Å²) in [6, 6.07) is 7.65. The van der Waals surface area contributed by atoms with E-state index in [-0.39, 0.29) is 11.2 Å². The summed E-state index contributed by atoms with van der Waals surface area (Å²) < 4.78 is 5.29. The largest absolute Gasteiger partial charge is 0.496 e. The van der Waals surface area contributed by atoms with Gasteiger partial charge in [0.25, 0.3) is 0 Å². The molecule has 0 fully saturated rings. The zero-order valence-corrected chi connectivity index (χ0v) is 15.5. The summed E-state index contributed by atoms with van der Waals surface area (Å²) in [7, 11) is 1.62. The van der Waals surface area contributed by atoms with E-state index in [1.165, 1.54) is 11.8 Å². The van der Waals surface area contributed by atoms with Gasteiger partial charge >= 0.3 is 0 Å². The lowest BCUT2D eigenvalue weighted by molar-refractivity contribution is -0.120. The Hall–Kier alpha value is -2.08. The Bertz CT molecular complexity index is 711. The Balaban J connectivity index is 1.97. The van der Waals surface area contributed by atoms with Crippen LogP contribution in [-0.2, 0) is 11.3 Å². The highest BCUT2D eigenvalue weighted by Gasteiger charge is 2.17. The summed E-state index contributed by atoms with van der Waals surface area (Å²) >= 11 is 1.37. The quantitative estimate of drug-likeness (QED) is 0.643. The summed E-state index contributed by atoms with van der Waals surface area (Å²) in [6.07, 6.45) is 0. The predicted octanol–water partition coefficient (Wildman–Crippen LogP) is 3.21. The molecule has 0 saturated carbocycles. The van der Waals surface area contributed by atoms with Crippen molar-refractivity contribution in [2.75, 3.05) is 7.11 Å². The molecular formula is C18H23N3O2S. The van der Waals surface area contributed by atoms with Gasteiger partial charge in [-0.2, -0.15) is 0 Å². The summed E-state index contributed by atoms with van der Waals surface area (Å²) in [5.41, 5.74) is 3.94. The van der Waals surface area contributed by atoms with Gasteiger partial charge in [0.1, 0.15) is 5.75 Å². The van der Waals surface area contributed by atoms with Gasteiger partial charge in [-0.25, -0.2) is 9.97 Å².